The zero-order valence-corrected chi connectivity index (χ0v) is 18.7. The fourth-order valence-corrected chi connectivity index (χ4v) is 4.25. The van der Waals surface area contributed by atoms with Gasteiger partial charge in [0, 0.05) is 21.8 Å². The van der Waals surface area contributed by atoms with E-state index in [2.05, 4.69) is 74.8 Å². The van der Waals surface area contributed by atoms with Crippen LogP contribution < -0.4 is 4.74 Å². The number of methoxy groups -OCH3 is 1. The molecular formula is C23H24BrN3O2. The second-order valence-corrected chi connectivity index (χ2v) is 8.95. The molecule has 0 spiro atoms. The number of aromatic nitrogens is 2. The number of fused-ring (bicyclic) bond motifs is 1. The van der Waals surface area contributed by atoms with Gasteiger partial charge in [-0.05, 0) is 48.1 Å². The maximum Gasteiger partial charge on any atom is 0.213 e. The van der Waals surface area contributed by atoms with Crippen LogP contribution in [0.3, 0.4) is 0 Å². The molecule has 2 heterocycles. The van der Waals surface area contributed by atoms with Gasteiger partial charge < -0.3 is 14.1 Å². The summed E-state index contributed by atoms with van der Waals surface area (Å²) in [4.78, 5) is 9.62. The topological polar surface area (TPSA) is 48.6 Å². The van der Waals surface area contributed by atoms with Gasteiger partial charge in [-0.1, -0.05) is 47.1 Å². The Hall–Kier alpha value is -2.60. The molecule has 0 bridgehead atoms. The van der Waals surface area contributed by atoms with Crippen LogP contribution in [-0.4, -0.2) is 29.5 Å². The molecule has 2 aromatic heterocycles. The third-order valence-electron chi connectivity index (χ3n) is 5.24. The molecule has 1 aliphatic carbocycles. The average Bonchev–Trinajstić information content (AvgIpc) is 3.07. The largest absolute Gasteiger partial charge is 0.481 e. The molecule has 0 N–H and O–H groups in total. The van der Waals surface area contributed by atoms with Crippen LogP contribution in [0.2, 0.25) is 0 Å². The Kier molecular flexibility index (Phi) is 5.21. The van der Waals surface area contributed by atoms with Crippen molar-refractivity contribution in [2.24, 2.45) is 10.6 Å². The van der Waals surface area contributed by atoms with E-state index in [0.29, 0.717) is 5.88 Å². The third kappa shape index (κ3) is 3.81. The van der Waals surface area contributed by atoms with Crippen LogP contribution in [0.1, 0.15) is 31.5 Å². The molecule has 0 atom stereocenters. The molecule has 6 heteroatoms. The summed E-state index contributed by atoms with van der Waals surface area (Å²) in [6, 6.07) is 14.5. The van der Waals surface area contributed by atoms with E-state index in [9.17, 15) is 0 Å². The maximum atomic E-state index is 5.25. The van der Waals surface area contributed by atoms with E-state index >= 15 is 0 Å². The Morgan fingerprint density at radius 3 is 2.45 bits per heavy atom. The monoisotopic (exact) mass is 453 g/mol. The Morgan fingerprint density at radius 1 is 1.07 bits per heavy atom. The quantitative estimate of drug-likeness (QED) is 0.480. The molecule has 0 unspecified atom stereocenters. The van der Waals surface area contributed by atoms with E-state index in [-0.39, 0.29) is 5.41 Å². The smallest absolute Gasteiger partial charge is 0.213 e. The lowest BCUT2D eigenvalue weighted by atomic mass is 9.76. The van der Waals surface area contributed by atoms with Crippen LogP contribution in [0, 0.1) is 5.41 Å². The number of benzene rings is 1. The fourth-order valence-electron chi connectivity index (χ4n) is 3.98. The molecular weight excluding hydrogens is 430 g/mol. The summed E-state index contributed by atoms with van der Waals surface area (Å²) in [7, 11) is 3.23. The first-order valence-electron chi connectivity index (χ1n) is 9.53. The van der Waals surface area contributed by atoms with E-state index < -0.39 is 0 Å². The normalized spacial score (nSPS) is 16.5. The summed E-state index contributed by atoms with van der Waals surface area (Å²) in [6.07, 6.45) is 3.67. The highest BCUT2D eigenvalue weighted by molar-refractivity contribution is 9.10. The van der Waals surface area contributed by atoms with Gasteiger partial charge in [0.1, 0.15) is 7.11 Å². The molecule has 1 aromatic carbocycles. The molecule has 0 radical (unpaired) electrons. The number of nitrogens with zero attached hydrogens (tertiary/aromatic N) is 3. The fraction of sp³-hybridized carbons (Fsp3) is 0.304. The zero-order valence-electron chi connectivity index (χ0n) is 17.1. The number of hydrogen-bond donors (Lipinski definition) is 0. The summed E-state index contributed by atoms with van der Waals surface area (Å²) in [6.45, 7) is 4.54. The lowest BCUT2D eigenvalue weighted by Crippen LogP contribution is -2.28. The minimum Gasteiger partial charge on any atom is -0.481 e. The van der Waals surface area contributed by atoms with E-state index in [0.717, 1.165) is 45.5 Å². The molecule has 4 rings (SSSR count). The van der Waals surface area contributed by atoms with Crippen molar-refractivity contribution in [2.45, 2.75) is 26.7 Å². The third-order valence-corrected chi connectivity index (χ3v) is 5.76. The second kappa shape index (κ2) is 7.67. The van der Waals surface area contributed by atoms with E-state index in [1.165, 1.54) is 5.69 Å². The second-order valence-electron chi connectivity index (χ2n) is 8.03. The van der Waals surface area contributed by atoms with Crippen molar-refractivity contribution in [3.05, 3.63) is 64.4 Å². The van der Waals surface area contributed by atoms with Crippen LogP contribution in [-0.2, 0) is 11.3 Å². The van der Waals surface area contributed by atoms with Gasteiger partial charge in [0.2, 0.25) is 5.88 Å². The SMILES string of the molecule is CO/N=C1/CC(C)(C)Cc2c1cc(-c1ccc(Br)cc1)n2-c1ccc(OC)nc1. The summed E-state index contributed by atoms with van der Waals surface area (Å²) in [5.74, 6) is 0.599. The van der Waals surface area contributed by atoms with Gasteiger partial charge in [-0.25, -0.2) is 4.98 Å². The van der Waals surface area contributed by atoms with Crippen molar-refractivity contribution < 1.29 is 9.57 Å². The predicted molar refractivity (Wildman–Crippen MR) is 119 cm³/mol. The highest BCUT2D eigenvalue weighted by Crippen LogP contribution is 2.40. The van der Waals surface area contributed by atoms with Crippen LogP contribution in [0.4, 0.5) is 0 Å². The van der Waals surface area contributed by atoms with Gasteiger partial charge in [-0.2, -0.15) is 0 Å². The minimum atomic E-state index is 0.0807. The average molecular weight is 454 g/mol. The molecule has 0 fully saturated rings. The molecule has 0 amide bonds. The Balaban J connectivity index is 1.97. The molecule has 29 heavy (non-hydrogen) atoms. The highest BCUT2D eigenvalue weighted by atomic mass is 79.9. The maximum absolute atomic E-state index is 5.25. The lowest BCUT2D eigenvalue weighted by Gasteiger charge is -2.31. The van der Waals surface area contributed by atoms with E-state index in [4.69, 9.17) is 9.57 Å². The Morgan fingerprint density at radius 2 is 1.83 bits per heavy atom. The van der Waals surface area contributed by atoms with Crippen molar-refractivity contribution in [2.75, 3.05) is 14.2 Å². The predicted octanol–water partition coefficient (Wildman–Crippen LogP) is 5.63. The molecule has 150 valence electrons. The molecule has 0 aliphatic heterocycles. The first kappa shape index (κ1) is 19.7. The summed E-state index contributed by atoms with van der Waals surface area (Å²) >= 11 is 3.53. The molecule has 1 aliphatic rings. The Labute approximate surface area is 179 Å². The number of rotatable bonds is 4. The van der Waals surface area contributed by atoms with Gasteiger partial charge in [0.05, 0.1) is 30.4 Å². The lowest BCUT2D eigenvalue weighted by molar-refractivity contribution is 0.210. The summed E-state index contributed by atoms with van der Waals surface area (Å²) in [5.41, 5.74) is 6.67. The van der Waals surface area contributed by atoms with Crippen molar-refractivity contribution in [1.82, 2.24) is 9.55 Å². The van der Waals surface area contributed by atoms with E-state index in [1.807, 2.05) is 18.3 Å². The first-order valence-corrected chi connectivity index (χ1v) is 10.3. The van der Waals surface area contributed by atoms with Gasteiger partial charge >= 0.3 is 0 Å². The van der Waals surface area contributed by atoms with Crippen molar-refractivity contribution in [3.8, 4) is 22.8 Å². The van der Waals surface area contributed by atoms with Crippen LogP contribution in [0.15, 0.2) is 58.3 Å². The first-order chi connectivity index (χ1) is 13.9. The number of hydrogen-bond acceptors (Lipinski definition) is 4. The van der Waals surface area contributed by atoms with Crippen LogP contribution in [0.5, 0.6) is 5.88 Å². The van der Waals surface area contributed by atoms with Crippen molar-refractivity contribution >= 4 is 21.6 Å². The number of oxime groups is 1. The number of ether oxygens (including phenoxy) is 1. The van der Waals surface area contributed by atoms with Crippen LogP contribution >= 0.6 is 15.9 Å². The summed E-state index contributed by atoms with van der Waals surface area (Å²) < 4.78 is 8.59. The van der Waals surface area contributed by atoms with Gasteiger partial charge in [0.15, 0.2) is 0 Å². The minimum absolute atomic E-state index is 0.0807. The summed E-state index contributed by atoms with van der Waals surface area (Å²) in [5, 5.41) is 4.36. The molecule has 0 saturated heterocycles. The zero-order chi connectivity index (χ0) is 20.6. The number of halogens is 1. The highest BCUT2D eigenvalue weighted by Gasteiger charge is 2.34. The van der Waals surface area contributed by atoms with Gasteiger partial charge in [-0.3, -0.25) is 0 Å². The van der Waals surface area contributed by atoms with Crippen molar-refractivity contribution in [1.29, 1.82) is 0 Å². The standard InChI is InChI=1S/C23H24BrN3O2/c1-23(2)12-19(26-29-4)18-11-20(15-5-7-16(24)8-6-15)27(21(18)13-23)17-9-10-22(28-3)25-14-17/h5-11,14H,12-13H2,1-4H3/b26-19-. The van der Waals surface area contributed by atoms with Gasteiger partial charge in [0.25, 0.3) is 0 Å². The van der Waals surface area contributed by atoms with Crippen LogP contribution in [0.25, 0.3) is 16.9 Å². The molecule has 3 aromatic rings. The molecule has 0 saturated carbocycles. The number of pyridine rings is 1. The van der Waals surface area contributed by atoms with Crippen molar-refractivity contribution in [3.63, 3.8) is 0 Å². The van der Waals surface area contributed by atoms with Gasteiger partial charge in [-0.15, -0.1) is 0 Å². The Bertz CT molecular complexity index is 1050. The molecule has 5 nitrogen and oxygen atoms in total. The van der Waals surface area contributed by atoms with E-state index in [1.54, 1.807) is 14.2 Å².